The molecule has 3 rings (SSSR count). The van der Waals surface area contributed by atoms with E-state index in [1.165, 1.54) is 11.3 Å². The van der Waals surface area contributed by atoms with E-state index in [2.05, 4.69) is 20.4 Å². The SMILES string of the molecule is CC(C)n1nccc1C(=O)Nc1nc(-c2cccnc2)cs1. The number of carbonyl (C=O) groups is 1. The van der Waals surface area contributed by atoms with Gasteiger partial charge in [-0.25, -0.2) is 4.98 Å². The molecule has 0 saturated carbocycles. The van der Waals surface area contributed by atoms with Crippen LogP contribution in [0.2, 0.25) is 0 Å². The number of nitrogens with zero attached hydrogens (tertiary/aromatic N) is 4. The molecule has 0 spiro atoms. The zero-order chi connectivity index (χ0) is 15.5. The van der Waals surface area contributed by atoms with Crippen LogP contribution in [0, 0.1) is 0 Å². The minimum Gasteiger partial charge on any atom is -0.296 e. The highest BCUT2D eigenvalue weighted by atomic mass is 32.1. The number of hydrogen-bond acceptors (Lipinski definition) is 5. The van der Waals surface area contributed by atoms with Gasteiger partial charge in [0.1, 0.15) is 5.69 Å². The molecule has 0 unspecified atom stereocenters. The fraction of sp³-hybridized carbons (Fsp3) is 0.200. The van der Waals surface area contributed by atoms with Crippen LogP contribution in [0.5, 0.6) is 0 Å². The van der Waals surface area contributed by atoms with Crippen LogP contribution >= 0.6 is 11.3 Å². The van der Waals surface area contributed by atoms with E-state index in [0.717, 1.165) is 11.3 Å². The Bertz CT molecular complexity index is 778. The lowest BCUT2D eigenvalue weighted by atomic mass is 10.2. The van der Waals surface area contributed by atoms with E-state index in [4.69, 9.17) is 0 Å². The minimum absolute atomic E-state index is 0.123. The summed E-state index contributed by atoms with van der Waals surface area (Å²) in [5.41, 5.74) is 2.24. The molecule has 0 radical (unpaired) electrons. The van der Waals surface area contributed by atoms with Crippen LogP contribution in [0.15, 0.2) is 42.2 Å². The maximum Gasteiger partial charge on any atom is 0.275 e. The van der Waals surface area contributed by atoms with Gasteiger partial charge in [0, 0.05) is 35.6 Å². The average molecular weight is 313 g/mol. The monoisotopic (exact) mass is 313 g/mol. The first kappa shape index (κ1) is 14.4. The Hall–Kier alpha value is -2.54. The van der Waals surface area contributed by atoms with Gasteiger partial charge in [-0.3, -0.25) is 19.8 Å². The van der Waals surface area contributed by atoms with E-state index < -0.39 is 0 Å². The Kier molecular flexibility index (Phi) is 3.97. The molecule has 3 aromatic rings. The first-order valence-electron chi connectivity index (χ1n) is 6.86. The predicted octanol–water partition coefficient (Wildman–Crippen LogP) is 3.23. The summed E-state index contributed by atoms with van der Waals surface area (Å²) in [7, 11) is 0. The van der Waals surface area contributed by atoms with Gasteiger partial charge in [0.15, 0.2) is 5.13 Å². The minimum atomic E-state index is -0.210. The van der Waals surface area contributed by atoms with Crippen molar-refractivity contribution in [1.82, 2.24) is 19.7 Å². The third-order valence-electron chi connectivity index (χ3n) is 3.07. The van der Waals surface area contributed by atoms with Gasteiger partial charge in [-0.05, 0) is 32.0 Å². The summed E-state index contributed by atoms with van der Waals surface area (Å²) in [6.45, 7) is 3.96. The zero-order valence-corrected chi connectivity index (χ0v) is 13.0. The predicted molar refractivity (Wildman–Crippen MR) is 85.9 cm³/mol. The van der Waals surface area contributed by atoms with Crippen LogP contribution in [0.25, 0.3) is 11.3 Å². The summed E-state index contributed by atoms with van der Waals surface area (Å²) in [6, 6.07) is 5.61. The Morgan fingerprint density at radius 1 is 1.32 bits per heavy atom. The van der Waals surface area contributed by atoms with Crippen molar-refractivity contribution in [2.24, 2.45) is 0 Å². The van der Waals surface area contributed by atoms with Crippen molar-refractivity contribution >= 4 is 22.4 Å². The van der Waals surface area contributed by atoms with Crippen LogP contribution in [-0.4, -0.2) is 25.7 Å². The highest BCUT2D eigenvalue weighted by Crippen LogP contribution is 2.24. The maximum atomic E-state index is 12.3. The number of rotatable bonds is 4. The van der Waals surface area contributed by atoms with Crippen molar-refractivity contribution in [1.29, 1.82) is 0 Å². The van der Waals surface area contributed by atoms with E-state index in [1.807, 2.05) is 31.4 Å². The summed E-state index contributed by atoms with van der Waals surface area (Å²) in [5.74, 6) is -0.210. The largest absolute Gasteiger partial charge is 0.296 e. The van der Waals surface area contributed by atoms with Crippen LogP contribution in [-0.2, 0) is 0 Å². The molecule has 0 aromatic carbocycles. The van der Waals surface area contributed by atoms with E-state index in [1.54, 1.807) is 29.3 Å². The van der Waals surface area contributed by atoms with Gasteiger partial charge >= 0.3 is 0 Å². The molecule has 0 bridgehead atoms. The smallest absolute Gasteiger partial charge is 0.275 e. The fourth-order valence-electron chi connectivity index (χ4n) is 2.04. The van der Waals surface area contributed by atoms with Crippen LogP contribution in [0.3, 0.4) is 0 Å². The number of hydrogen-bond donors (Lipinski definition) is 1. The number of amides is 1. The van der Waals surface area contributed by atoms with Gasteiger partial charge in [-0.15, -0.1) is 11.3 Å². The lowest BCUT2D eigenvalue weighted by Gasteiger charge is -2.09. The van der Waals surface area contributed by atoms with Crippen molar-refractivity contribution in [3.05, 3.63) is 47.9 Å². The van der Waals surface area contributed by atoms with Gasteiger partial charge in [0.25, 0.3) is 5.91 Å². The van der Waals surface area contributed by atoms with Gasteiger partial charge < -0.3 is 0 Å². The molecule has 0 fully saturated rings. The molecule has 3 heterocycles. The zero-order valence-electron chi connectivity index (χ0n) is 12.2. The molecule has 1 amide bonds. The molecule has 22 heavy (non-hydrogen) atoms. The quantitative estimate of drug-likeness (QED) is 0.802. The first-order chi connectivity index (χ1) is 10.6. The Labute approximate surface area is 131 Å². The molecule has 1 N–H and O–H groups in total. The molecule has 0 saturated heterocycles. The molecule has 6 nitrogen and oxygen atoms in total. The topological polar surface area (TPSA) is 72.7 Å². The van der Waals surface area contributed by atoms with Gasteiger partial charge in [-0.2, -0.15) is 5.10 Å². The summed E-state index contributed by atoms with van der Waals surface area (Å²) in [4.78, 5) is 20.8. The number of aromatic nitrogens is 4. The molecule has 0 aliphatic heterocycles. The third kappa shape index (κ3) is 2.89. The van der Waals surface area contributed by atoms with Crippen molar-refractivity contribution in [2.75, 3.05) is 5.32 Å². The lowest BCUT2D eigenvalue weighted by Crippen LogP contribution is -2.18. The fourth-order valence-corrected chi connectivity index (χ4v) is 2.76. The maximum absolute atomic E-state index is 12.3. The average Bonchev–Trinajstić information content (AvgIpc) is 3.17. The van der Waals surface area contributed by atoms with E-state index in [9.17, 15) is 4.79 Å². The summed E-state index contributed by atoms with van der Waals surface area (Å²) >= 11 is 1.38. The van der Waals surface area contributed by atoms with Crippen LogP contribution in [0.4, 0.5) is 5.13 Å². The highest BCUT2D eigenvalue weighted by molar-refractivity contribution is 7.14. The summed E-state index contributed by atoms with van der Waals surface area (Å²) in [6.07, 6.45) is 5.08. The molecule has 0 aliphatic carbocycles. The molecule has 0 atom stereocenters. The molecule has 3 aromatic heterocycles. The summed E-state index contributed by atoms with van der Waals surface area (Å²) in [5, 5.41) is 9.43. The van der Waals surface area contributed by atoms with E-state index in [0.29, 0.717) is 10.8 Å². The second-order valence-electron chi connectivity index (χ2n) is 4.99. The first-order valence-corrected chi connectivity index (χ1v) is 7.74. The van der Waals surface area contributed by atoms with E-state index >= 15 is 0 Å². The number of thiazole rings is 1. The molecular weight excluding hydrogens is 298 g/mol. The highest BCUT2D eigenvalue weighted by Gasteiger charge is 2.15. The molecule has 0 aliphatic rings. The van der Waals surface area contributed by atoms with E-state index in [-0.39, 0.29) is 11.9 Å². The molecular formula is C15H15N5OS. The van der Waals surface area contributed by atoms with Crippen molar-refractivity contribution in [3.8, 4) is 11.3 Å². The number of pyridine rings is 1. The van der Waals surface area contributed by atoms with Gasteiger partial charge in [0.05, 0.1) is 5.69 Å². The number of carbonyl (C=O) groups excluding carboxylic acids is 1. The number of anilines is 1. The van der Waals surface area contributed by atoms with Crippen LogP contribution < -0.4 is 5.32 Å². The second-order valence-corrected chi connectivity index (χ2v) is 5.85. The Balaban J connectivity index is 1.78. The molecule has 7 heteroatoms. The standard InChI is InChI=1S/C15H15N5OS/c1-10(2)20-13(5-7-17-20)14(21)19-15-18-12(9-22-15)11-4-3-6-16-8-11/h3-10H,1-2H3,(H,18,19,21). The normalized spacial score (nSPS) is 10.9. The Morgan fingerprint density at radius 2 is 2.18 bits per heavy atom. The summed E-state index contributed by atoms with van der Waals surface area (Å²) < 4.78 is 1.69. The van der Waals surface area contributed by atoms with Gasteiger partial charge in [-0.1, -0.05) is 0 Å². The second kappa shape index (κ2) is 6.07. The Morgan fingerprint density at radius 3 is 2.91 bits per heavy atom. The van der Waals surface area contributed by atoms with Crippen LogP contribution in [0.1, 0.15) is 30.4 Å². The number of nitrogens with one attached hydrogen (secondary N) is 1. The van der Waals surface area contributed by atoms with Crippen molar-refractivity contribution in [3.63, 3.8) is 0 Å². The third-order valence-corrected chi connectivity index (χ3v) is 3.83. The van der Waals surface area contributed by atoms with Crippen molar-refractivity contribution < 1.29 is 4.79 Å². The van der Waals surface area contributed by atoms with Crippen molar-refractivity contribution in [2.45, 2.75) is 19.9 Å². The molecule has 112 valence electrons. The van der Waals surface area contributed by atoms with Gasteiger partial charge in [0.2, 0.25) is 0 Å². The lowest BCUT2D eigenvalue weighted by molar-refractivity contribution is 0.101.